The van der Waals surface area contributed by atoms with Crippen LogP contribution in [-0.4, -0.2) is 34.6 Å². The Morgan fingerprint density at radius 1 is 1.45 bits per heavy atom. The van der Waals surface area contributed by atoms with Crippen LogP contribution < -0.4 is 5.32 Å². The van der Waals surface area contributed by atoms with Crippen LogP contribution in [0.5, 0.6) is 0 Å². The number of aliphatic carboxylic acids is 1. The molecule has 1 aromatic rings. The van der Waals surface area contributed by atoms with E-state index in [0.29, 0.717) is 24.2 Å². The number of benzene rings is 1. The Labute approximate surface area is 116 Å². The number of carboxylic acid groups (broad SMARTS) is 1. The Balaban J connectivity index is 2.16. The number of para-hydroxylation sites is 1. The third-order valence-corrected chi connectivity index (χ3v) is 3.50. The predicted molar refractivity (Wildman–Crippen MR) is 72.1 cm³/mol. The van der Waals surface area contributed by atoms with E-state index in [1.165, 1.54) is 4.90 Å². The largest absolute Gasteiger partial charge is 0.480 e. The second-order valence-electron chi connectivity index (χ2n) is 4.83. The SMILES string of the molecule is CC1CCN(C(=O)Nc2ccccc2C#N)C1C(=O)O. The van der Waals surface area contributed by atoms with Gasteiger partial charge >= 0.3 is 12.0 Å². The number of carboxylic acids is 1. The summed E-state index contributed by atoms with van der Waals surface area (Å²) < 4.78 is 0. The first-order valence-electron chi connectivity index (χ1n) is 6.34. The van der Waals surface area contributed by atoms with Crippen molar-refractivity contribution in [2.75, 3.05) is 11.9 Å². The summed E-state index contributed by atoms with van der Waals surface area (Å²) in [7, 11) is 0. The van der Waals surface area contributed by atoms with E-state index in [1.807, 2.05) is 13.0 Å². The number of nitrogens with zero attached hydrogens (tertiary/aromatic N) is 2. The van der Waals surface area contributed by atoms with Crippen molar-refractivity contribution in [1.29, 1.82) is 5.26 Å². The van der Waals surface area contributed by atoms with Crippen LogP contribution in [-0.2, 0) is 4.79 Å². The summed E-state index contributed by atoms with van der Waals surface area (Å²) >= 11 is 0. The van der Waals surface area contributed by atoms with E-state index in [2.05, 4.69) is 5.32 Å². The van der Waals surface area contributed by atoms with Crippen LogP contribution in [0.25, 0.3) is 0 Å². The lowest BCUT2D eigenvalue weighted by molar-refractivity contribution is -0.142. The molecule has 2 atom stereocenters. The average Bonchev–Trinajstić information content (AvgIpc) is 2.81. The number of nitrogens with one attached hydrogen (secondary N) is 1. The minimum atomic E-state index is -1.00. The van der Waals surface area contributed by atoms with Gasteiger partial charge in [-0.05, 0) is 24.5 Å². The van der Waals surface area contributed by atoms with Crippen molar-refractivity contribution in [3.05, 3.63) is 29.8 Å². The molecule has 0 aliphatic carbocycles. The lowest BCUT2D eigenvalue weighted by Gasteiger charge is -2.23. The van der Waals surface area contributed by atoms with Gasteiger partial charge in [0.05, 0.1) is 11.3 Å². The number of hydrogen-bond donors (Lipinski definition) is 2. The Bertz CT molecular complexity index is 579. The van der Waals surface area contributed by atoms with Crippen molar-refractivity contribution in [3.8, 4) is 6.07 Å². The molecule has 0 radical (unpaired) electrons. The lowest BCUT2D eigenvalue weighted by atomic mass is 10.0. The molecule has 6 heteroatoms. The van der Waals surface area contributed by atoms with Crippen molar-refractivity contribution in [2.45, 2.75) is 19.4 Å². The Morgan fingerprint density at radius 2 is 2.15 bits per heavy atom. The molecule has 0 saturated carbocycles. The van der Waals surface area contributed by atoms with E-state index < -0.39 is 18.0 Å². The molecule has 1 heterocycles. The van der Waals surface area contributed by atoms with Gasteiger partial charge in [-0.2, -0.15) is 5.26 Å². The second kappa shape index (κ2) is 5.61. The fraction of sp³-hybridized carbons (Fsp3) is 0.357. The molecule has 0 aromatic heterocycles. The molecule has 2 amide bonds. The summed E-state index contributed by atoms with van der Waals surface area (Å²) in [6, 6.07) is 7.30. The summed E-state index contributed by atoms with van der Waals surface area (Å²) in [4.78, 5) is 24.7. The van der Waals surface area contributed by atoms with Gasteiger partial charge in [-0.15, -0.1) is 0 Å². The van der Waals surface area contributed by atoms with E-state index in [-0.39, 0.29) is 5.92 Å². The maximum Gasteiger partial charge on any atom is 0.326 e. The van der Waals surface area contributed by atoms with Crippen molar-refractivity contribution in [1.82, 2.24) is 4.90 Å². The molecule has 20 heavy (non-hydrogen) atoms. The van der Waals surface area contributed by atoms with Gasteiger partial charge in [-0.3, -0.25) is 0 Å². The highest BCUT2D eigenvalue weighted by Crippen LogP contribution is 2.25. The first-order valence-corrected chi connectivity index (χ1v) is 6.34. The van der Waals surface area contributed by atoms with Crippen molar-refractivity contribution in [3.63, 3.8) is 0 Å². The molecular formula is C14H15N3O3. The van der Waals surface area contributed by atoms with Crippen LogP contribution >= 0.6 is 0 Å². The molecule has 2 rings (SSSR count). The lowest BCUT2D eigenvalue weighted by Crippen LogP contribution is -2.44. The Morgan fingerprint density at radius 3 is 2.80 bits per heavy atom. The average molecular weight is 273 g/mol. The van der Waals surface area contributed by atoms with Gasteiger partial charge in [-0.25, -0.2) is 9.59 Å². The third kappa shape index (κ3) is 2.57. The van der Waals surface area contributed by atoms with Gasteiger partial charge in [0, 0.05) is 6.54 Å². The number of urea groups is 1. The number of rotatable bonds is 2. The van der Waals surface area contributed by atoms with E-state index in [9.17, 15) is 14.7 Å². The maximum atomic E-state index is 12.2. The van der Waals surface area contributed by atoms with Crippen LogP contribution in [0.3, 0.4) is 0 Å². The van der Waals surface area contributed by atoms with Crippen molar-refractivity contribution < 1.29 is 14.7 Å². The topological polar surface area (TPSA) is 93.4 Å². The number of hydrogen-bond acceptors (Lipinski definition) is 3. The second-order valence-corrected chi connectivity index (χ2v) is 4.83. The molecule has 0 spiro atoms. The van der Waals surface area contributed by atoms with Gasteiger partial charge in [-0.1, -0.05) is 19.1 Å². The number of amides is 2. The summed E-state index contributed by atoms with van der Waals surface area (Å²) in [5.74, 6) is -1.08. The fourth-order valence-corrected chi connectivity index (χ4v) is 2.43. The van der Waals surface area contributed by atoms with Crippen molar-refractivity contribution >= 4 is 17.7 Å². The minimum absolute atomic E-state index is 0.0792. The van der Waals surface area contributed by atoms with E-state index >= 15 is 0 Å². The number of nitriles is 1. The maximum absolute atomic E-state index is 12.2. The molecule has 2 N–H and O–H groups in total. The van der Waals surface area contributed by atoms with Crippen LogP contribution in [0.1, 0.15) is 18.9 Å². The van der Waals surface area contributed by atoms with E-state index in [1.54, 1.807) is 24.3 Å². The van der Waals surface area contributed by atoms with Gasteiger partial charge in [0.25, 0.3) is 0 Å². The van der Waals surface area contributed by atoms with Gasteiger partial charge in [0.2, 0.25) is 0 Å². The van der Waals surface area contributed by atoms with Crippen molar-refractivity contribution in [2.24, 2.45) is 5.92 Å². The highest BCUT2D eigenvalue weighted by Gasteiger charge is 2.39. The van der Waals surface area contributed by atoms with Gasteiger partial charge in [0.1, 0.15) is 12.1 Å². The molecule has 1 aromatic carbocycles. The Kier molecular flexibility index (Phi) is 3.89. The zero-order valence-corrected chi connectivity index (χ0v) is 11.0. The molecule has 6 nitrogen and oxygen atoms in total. The molecular weight excluding hydrogens is 258 g/mol. The summed E-state index contributed by atoms with van der Waals surface area (Å²) in [6.07, 6.45) is 0.657. The number of carbonyl (C=O) groups excluding carboxylic acids is 1. The zero-order valence-electron chi connectivity index (χ0n) is 11.0. The molecule has 104 valence electrons. The summed E-state index contributed by atoms with van der Waals surface area (Å²) in [6.45, 7) is 2.22. The monoisotopic (exact) mass is 273 g/mol. The highest BCUT2D eigenvalue weighted by molar-refractivity contribution is 5.93. The van der Waals surface area contributed by atoms with E-state index in [4.69, 9.17) is 5.26 Å². The van der Waals surface area contributed by atoms with Crippen LogP contribution in [0.15, 0.2) is 24.3 Å². The molecule has 1 saturated heterocycles. The van der Waals surface area contributed by atoms with Crippen LogP contribution in [0, 0.1) is 17.2 Å². The summed E-state index contributed by atoms with van der Waals surface area (Å²) in [5, 5.41) is 20.8. The Hall–Kier alpha value is -2.55. The van der Waals surface area contributed by atoms with Gasteiger partial charge in [0.15, 0.2) is 0 Å². The fourth-order valence-electron chi connectivity index (χ4n) is 2.43. The number of carbonyl (C=O) groups is 2. The highest BCUT2D eigenvalue weighted by atomic mass is 16.4. The number of anilines is 1. The zero-order chi connectivity index (χ0) is 14.7. The van der Waals surface area contributed by atoms with Gasteiger partial charge < -0.3 is 15.3 Å². The first kappa shape index (κ1) is 13.9. The summed E-state index contributed by atoms with van der Waals surface area (Å²) in [5.41, 5.74) is 0.740. The first-order chi connectivity index (χ1) is 9.54. The molecule has 0 bridgehead atoms. The molecule has 1 aliphatic heterocycles. The molecule has 1 fully saturated rings. The molecule has 2 unspecified atom stereocenters. The smallest absolute Gasteiger partial charge is 0.326 e. The predicted octanol–water partition coefficient (Wildman–Crippen LogP) is 1.89. The van der Waals surface area contributed by atoms with Crippen LogP contribution in [0.2, 0.25) is 0 Å². The minimum Gasteiger partial charge on any atom is -0.480 e. The molecule has 1 aliphatic rings. The number of likely N-dealkylation sites (tertiary alicyclic amines) is 1. The standard InChI is InChI=1S/C14H15N3O3/c1-9-6-7-17(12(9)13(18)19)14(20)16-11-5-3-2-4-10(11)8-15/h2-5,9,12H,6-7H2,1H3,(H,16,20)(H,18,19). The van der Waals surface area contributed by atoms with E-state index in [0.717, 1.165) is 0 Å². The van der Waals surface area contributed by atoms with Crippen LogP contribution in [0.4, 0.5) is 10.5 Å². The normalized spacial score (nSPS) is 21.3. The quantitative estimate of drug-likeness (QED) is 0.860. The third-order valence-electron chi connectivity index (χ3n) is 3.50.